The fourth-order valence-corrected chi connectivity index (χ4v) is 1.65. The van der Waals surface area contributed by atoms with Gasteiger partial charge in [-0.3, -0.25) is 0 Å². The monoisotopic (exact) mass is 589 g/mol. The van der Waals surface area contributed by atoms with E-state index in [1.54, 1.807) is 0 Å². The minimum Gasteiger partial charge on any atom is -0.405 e. The Hall–Kier alpha value is 0.604. The smallest absolute Gasteiger partial charge is 0.405 e. The van der Waals surface area contributed by atoms with Crippen molar-refractivity contribution in [3.8, 4) is 0 Å². The van der Waals surface area contributed by atoms with E-state index in [2.05, 4.69) is 0 Å². The molecule has 0 atom stereocenters. The second-order valence-electron chi connectivity index (χ2n) is 10.1. The van der Waals surface area contributed by atoms with Crippen LogP contribution < -0.4 is 0 Å². The van der Waals surface area contributed by atoms with Crippen LogP contribution in [0, 0.1) is 7.43 Å². The van der Waals surface area contributed by atoms with Crippen LogP contribution in [-0.4, -0.2) is 56.7 Å². The summed E-state index contributed by atoms with van der Waals surface area (Å²) in [5.74, 6) is 0. The molecule has 0 aromatic rings. The minimum absolute atomic E-state index is 0. The number of hydrogen-bond donors (Lipinski definition) is 0. The van der Waals surface area contributed by atoms with Crippen LogP contribution in [0.15, 0.2) is 0 Å². The average Bonchev–Trinajstić information content (AvgIpc) is 2.94. The van der Waals surface area contributed by atoms with Crippen molar-refractivity contribution >= 4 is 23.1 Å². The van der Waals surface area contributed by atoms with Crippen LogP contribution in [0.2, 0.25) is 0 Å². The SMILES string of the molecule is CC1(C)O[B]OC1(C)C.CC1(C)O[B]OC1(C)C.CC1(C)O[B]OC1(C)C.[CH3-].[Ir]. The Morgan fingerprint density at radius 2 is 0.448 bits per heavy atom. The number of rotatable bonds is 0. The molecule has 3 heterocycles. The summed E-state index contributed by atoms with van der Waals surface area (Å²) in [5.41, 5.74) is -1.12. The summed E-state index contributed by atoms with van der Waals surface area (Å²) >= 11 is 0. The van der Waals surface area contributed by atoms with Crippen molar-refractivity contribution in [3.63, 3.8) is 0 Å². The van der Waals surface area contributed by atoms with Crippen molar-refractivity contribution in [2.45, 2.75) is 117 Å². The Balaban J connectivity index is 0. The third-order valence-electron chi connectivity index (χ3n) is 6.41. The van der Waals surface area contributed by atoms with Crippen LogP contribution >= 0.6 is 0 Å². The molecule has 0 spiro atoms. The Kier molecular flexibility index (Phi) is 11.5. The van der Waals surface area contributed by atoms with Gasteiger partial charge in [0.25, 0.3) is 0 Å². The fourth-order valence-electron chi connectivity index (χ4n) is 1.65. The van der Waals surface area contributed by atoms with Crippen molar-refractivity contribution in [1.29, 1.82) is 0 Å². The van der Waals surface area contributed by atoms with E-state index >= 15 is 0 Å². The van der Waals surface area contributed by atoms with Gasteiger partial charge < -0.3 is 35.4 Å². The van der Waals surface area contributed by atoms with E-state index in [0.29, 0.717) is 0 Å². The molecular formula is C19H39B3IrO6-. The van der Waals surface area contributed by atoms with Gasteiger partial charge in [0.05, 0.1) is 33.6 Å². The molecule has 0 unspecified atom stereocenters. The quantitative estimate of drug-likeness (QED) is 0.317. The van der Waals surface area contributed by atoms with E-state index in [1.165, 1.54) is 23.1 Å². The molecule has 3 rings (SSSR count). The molecule has 170 valence electrons. The van der Waals surface area contributed by atoms with Gasteiger partial charge in [-0.2, -0.15) is 0 Å². The molecule has 0 bridgehead atoms. The predicted molar refractivity (Wildman–Crippen MR) is 115 cm³/mol. The molecule has 29 heavy (non-hydrogen) atoms. The van der Waals surface area contributed by atoms with Gasteiger partial charge in [-0.15, -0.1) is 0 Å². The van der Waals surface area contributed by atoms with E-state index in [-0.39, 0.29) is 61.1 Å². The first-order valence-electron chi connectivity index (χ1n) is 9.39. The van der Waals surface area contributed by atoms with Crippen molar-refractivity contribution in [1.82, 2.24) is 0 Å². The molecule has 3 fully saturated rings. The van der Waals surface area contributed by atoms with Gasteiger partial charge in [0.15, 0.2) is 0 Å². The van der Waals surface area contributed by atoms with Gasteiger partial charge in [-0.25, -0.2) is 0 Å². The van der Waals surface area contributed by atoms with Gasteiger partial charge >= 0.3 is 23.1 Å². The van der Waals surface area contributed by atoms with Crippen molar-refractivity contribution in [2.75, 3.05) is 0 Å². The molecule has 0 N–H and O–H groups in total. The second kappa shape index (κ2) is 10.5. The van der Waals surface area contributed by atoms with Crippen LogP contribution in [0.1, 0.15) is 83.1 Å². The van der Waals surface area contributed by atoms with Gasteiger partial charge in [0.2, 0.25) is 0 Å². The molecular weight excluding hydrogens is 549 g/mol. The van der Waals surface area contributed by atoms with E-state index < -0.39 is 0 Å². The summed E-state index contributed by atoms with van der Waals surface area (Å²) in [4.78, 5) is 0. The molecule has 0 aliphatic carbocycles. The Morgan fingerprint density at radius 1 is 0.345 bits per heavy atom. The van der Waals surface area contributed by atoms with Crippen LogP contribution in [-0.2, 0) is 48.0 Å². The van der Waals surface area contributed by atoms with Gasteiger partial charge in [0.1, 0.15) is 0 Å². The predicted octanol–water partition coefficient (Wildman–Crippen LogP) is 3.82. The van der Waals surface area contributed by atoms with E-state index in [4.69, 9.17) is 27.9 Å². The van der Waals surface area contributed by atoms with E-state index in [1.807, 2.05) is 83.1 Å². The van der Waals surface area contributed by atoms with Crippen LogP contribution in [0.5, 0.6) is 0 Å². The van der Waals surface area contributed by atoms with Crippen molar-refractivity contribution in [3.05, 3.63) is 7.43 Å². The zero-order chi connectivity index (χ0) is 21.4. The van der Waals surface area contributed by atoms with Crippen molar-refractivity contribution < 1.29 is 48.0 Å². The normalized spacial score (nSPS) is 27.7. The first-order chi connectivity index (χ1) is 11.9. The Bertz CT molecular complexity index is 397. The molecule has 3 aliphatic rings. The molecule has 0 saturated carbocycles. The minimum atomic E-state index is -0.188. The summed E-state index contributed by atoms with van der Waals surface area (Å²) in [6.45, 7) is 24.1. The summed E-state index contributed by atoms with van der Waals surface area (Å²) in [6, 6.07) is 0. The van der Waals surface area contributed by atoms with E-state index in [0.717, 1.165) is 0 Å². The molecule has 0 aromatic carbocycles. The van der Waals surface area contributed by atoms with E-state index in [9.17, 15) is 0 Å². The maximum absolute atomic E-state index is 5.21. The summed E-state index contributed by atoms with van der Waals surface area (Å²) in [6.07, 6.45) is 0. The number of hydrogen-bond acceptors (Lipinski definition) is 6. The summed E-state index contributed by atoms with van der Waals surface area (Å²) in [5, 5.41) is 0. The maximum atomic E-state index is 5.21. The molecule has 3 aliphatic heterocycles. The van der Waals surface area contributed by atoms with Gasteiger partial charge in [-0.05, 0) is 83.1 Å². The first-order valence-corrected chi connectivity index (χ1v) is 9.39. The first kappa shape index (κ1) is 31.8. The summed E-state index contributed by atoms with van der Waals surface area (Å²) < 4.78 is 31.2. The molecule has 3 saturated heterocycles. The third-order valence-corrected chi connectivity index (χ3v) is 6.41. The standard InChI is InChI=1S/3C6H12BO2.CH3.Ir/c3*1-5(2)6(3,4)9-7-8-5;;/h3*1-4H3;1H3;/q;;;-1;. The third kappa shape index (κ3) is 7.60. The zero-order valence-corrected chi connectivity index (χ0v) is 22.9. The van der Waals surface area contributed by atoms with Crippen LogP contribution in [0.4, 0.5) is 0 Å². The van der Waals surface area contributed by atoms with Crippen LogP contribution in [0.3, 0.4) is 0 Å². The van der Waals surface area contributed by atoms with Gasteiger partial charge in [-0.1, -0.05) is 0 Å². The average molecular weight is 588 g/mol. The molecule has 6 nitrogen and oxygen atoms in total. The topological polar surface area (TPSA) is 55.4 Å². The zero-order valence-electron chi connectivity index (χ0n) is 20.5. The Morgan fingerprint density at radius 3 is 0.483 bits per heavy atom. The van der Waals surface area contributed by atoms with Crippen LogP contribution in [0.25, 0.3) is 0 Å². The van der Waals surface area contributed by atoms with Crippen molar-refractivity contribution in [2.24, 2.45) is 0 Å². The van der Waals surface area contributed by atoms with Gasteiger partial charge in [0, 0.05) is 20.1 Å². The molecule has 10 heteroatoms. The summed E-state index contributed by atoms with van der Waals surface area (Å²) in [7, 11) is 4.25. The molecule has 0 amide bonds. The second-order valence-corrected chi connectivity index (χ2v) is 10.1. The Labute approximate surface area is 195 Å². The fraction of sp³-hybridized carbons (Fsp3) is 0.947. The largest absolute Gasteiger partial charge is 0.488 e. The molecule has 4 radical (unpaired) electrons. The maximum Gasteiger partial charge on any atom is 0.488 e. The molecule has 0 aromatic heterocycles.